The third kappa shape index (κ3) is 4.85. The molecule has 0 spiro atoms. The second kappa shape index (κ2) is 6.86. The number of methoxy groups -OCH3 is 1. The lowest BCUT2D eigenvalue weighted by atomic mass is 10.1. The summed E-state index contributed by atoms with van der Waals surface area (Å²) in [6, 6.07) is 0. The lowest BCUT2D eigenvalue weighted by molar-refractivity contribution is -0.156. The third-order valence-electron chi connectivity index (χ3n) is 1.91. The standard InChI is InChI=1S/C9H18O4/c1-3-4-5-6-7(10)8(11)9(12)13-2/h7-8,10-11H,3-6H2,1-2H3/t7-,8+/m0/s1. The maximum Gasteiger partial charge on any atom is 0.337 e. The van der Waals surface area contributed by atoms with E-state index in [0.717, 1.165) is 19.3 Å². The number of carbonyl (C=O) groups is 1. The Bertz CT molecular complexity index is 147. The van der Waals surface area contributed by atoms with E-state index in [4.69, 9.17) is 5.11 Å². The van der Waals surface area contributed by atoms with Gasteiger partial charge in [-0.05, 0) is 6.42 Å². The van der Waals surface area contributed by atoms with Crippen LogP contribution in [-0.2, 0) is 9.53 Å². The molecule has 4 nitrogen and oxygen atoms in total. The molecule has 0 heterocycles. The SMILES string of the molecule is CCCCC[C@H](O)[C@@H](O)C(=O)OC. The van der Waals surface area contributed by atoms with Gasteiger partial charge in [-0.1, -0.05) is 26.2 Å². The van der Waals surface area contributed by atoms with E-state index in [1.165, 1.54) is 7.11 Å². The molecule has 13 heavy (non-hydrogen) atoms. The van der Waals surface area contributed by atoms with E-state index in [-0.39, 0.29) is 0 Å². The first-order valence-electron chi connectivity index (χ1n) is 4.57. The van der Waals surface area contributed by atoms with Gasteiger partial charge < -0.3 is 14.9 Å². The fraction of sp³-hybridized carbons (Fsp3) is 0.889. The number of rotatable bonds is 6. The quantitative estimate of drug-likeness (QED) is 0.471. The summed E-state index contributed by atoms with van der Waals surface area (Å²) in [4.78, 5) is 10.8. The molecule has 0 unspecified atom stereocenters. The van der Waals surface area contributed by atoms with Gasteiger partial charge in [0.15, 0.2) is 6.10 Å². The monoisotopic (exact) mass is 190 g/mol. The van der Waals surface area contributed by atoms with Crippen molar-refractivity contribution in [3.05, 3.63) is 0 Å². The van der Waals surface area contributed by atoms with Crippen LogP contribution in [0.5, 0.6) is 0 Å². The molecule has 78 valence electrons. The fourth-order valence-corrected chi connectivity index (χ4v) is 1.04. The van der Waals surface area contributed by atoms with Crippen molar-refractivity contribution in [3.8, 4) is 0 Å². The third-order valence-corrected chi connectivity index (χ3v) is 1.91. The van der Waals surface area contributed by atoms with Crippen LogP contribution in [0.2, 0.25) is 0 Å². The molecule has 2 N–H and O–H groups in total. The summed E-state index contributed by atoms with van der Waals surface area (Å²) in [6.45, 7) is 2.04. The maximum atomic E-state index is 10.8. The van der Waals surface area contributed by atoms with Crippen molar-refractivity contribution in [1.29, 1.82) is 0 Å². The number of esters is 1. The number of unbranched alkanes of at least 4 members (excludes halogenated alkanes) is 2. The minimum atomic E-state index is -1.40. The van der Waals surface area contributed by atoms with E-state index < -0.39 is 18.2 Å². The molecule has 0 saturated heterocycles. The fourth-order valence-electron chi connectivity index (χ4n) is 1.04. The molecule has 0 radical (unpaired) electrons. The first-order chi connectivity index (χ1) is 6.13. The van der Waals surface area contributed by atoms with Crippen LogP contribution in [0.15, 0.2) is 0 Å². The summed E-state index contributed by atoms with van der Waals surface area (Å²) in [5.41, 5.74) is 0. The van der Waals surface area contributed by atoms with Crippen molar-refractivity contribution < 1.29 is 19.7 Å². The average Bonchev–Trinajstić information content (AvgIpc) is 2.15. The number of aliphatic hydroxyl groups excluding tert-OH is 2. The molecule has 0 amide bonds. The molecule has 2 atom stereocenters. The van der Waals surface area contributed by atoms with Gasteiger partial charge in [-0.15, -0.1) is 0 Å². The number of hydrogen-bond donors (Lipinski definition) is 2. The van der Waals surface area contributed by atoms with E-state index in [9.17, 15) is 9.90 Å². The summed E-state index contributed by atoms with van der Waals surface area (Å²) in [6.07, 6.45) is 0.878. The molecule has 0 aromatic rings. The second-order valence-corrected chi connectivity index (χ2v) is 3.03. The van der Waals surface area contributed by atoms with Crippen molar-refractivity contribution in [2.75, 3.05) is 7.11 Å². The van der Waals surface area contributed by atoms with Crippen molar-refractivity contribution in [2.24, 2.45) is 0 Å². The molecule has 0 aliphatic carbocycles. The predicted molar refractivity (Wildman–Crippen MR) is 48.2 cm³/mol. The first-order valence-corrected chi connectivity index (χ1v) is 4.57. The van der Waals surface area contributed by atoms with Gasteiger partial charge in [0.25, 0.3) is 0 Å². The Morgan fingerprint density at radius 3 is 2.46 bits per heavy atom. The molecule has 0 aliphatic rings. The zero-order valence-electron chi connectivity index (χ0n) is 8.19. The summed E-state index contributed by atoms with van der Waals surface area (Å²) in [5.74, 6) is -0.774. The Balaban J connectivity index is 3.68. The lowest BCUT2D eigenvalue weighted by Crippen LogP contribution is -2.34. The molecule has 0 fully saturated rings. The van der Waals surface area contributed by atoms with Gasteiger partial charge in [-0.25, -0.2) is 4.79 Å². The van der Waals surface area contributed by atoms with Crippen molar-refractivity contribution in [1.82, 2.24) is 0 Å². The van der Waals surface area contributed by atoms with Gasteiger partial charge in [0, 0.05) is 0 Å². The van der Waals surface area contributed by atoms with E-state index in [0.29, 0.717) is 6.42 Å². The summed E-state index contributed by atoms with van der Waals surface area (Å²) < 4.78 is 4.29. The Morgan fingerprint density at radius 1 is 1.38 bits per heavy atom. The van der Waals surface area contributed by atoms with Crippen molar-refractivity contribution >= 4 is 5.97 Å². The zero-order chi connectivity index (χ0) is 10.3. The van der Waals surface area contributed by atoms with Crippen LogP contribution in [0.1, 0.15) is 32.6 Å². The largest absolute Gasteiger partial charge is 0.467 e. The molecule has 0 aliphatic heterocycles. The highest BCUT2D eigenvalue weighted by molar-refractivity contribution is 5.74. The van der Waals surface area contributed by atoms with Crippen molar-refractivity contribution in [2.45, 2.75) is 44.8 Å². The smallest absolute Gasteiger partial charge is 0.337 e. The minimum absolute atomic E-state index is 0.435. The molecule has 0 aromatic heterocycles. The highest BCUT2D eigenvalue weighted by Crippen LogP contribution is 2.07. The average molecular weight is 190 g/mol. The van der Waals surface area contributed by atoms with Crippen LogP contribution >= 0.6 is 0 Å². The topological polar surface area (TPSA) is 66.8 Å². The second-order valence-electron chi connectivity index (χ2n) is 3.03. The van der Waals surface area contributed by atoms with E-state index in [1.54, 1.807) is 0 Å². The Morgan fingerprint density at radius 2 is 2.00 bits per heavy atom. The molecule has 0 rings (SSSR count). The molecule has 0 bridgehead atoms. The summed E-state index contributed by atoms with van der Waals surface area (Å²) in [7, 11) is 1.18. The van der Waals surface area contributed by atoms with Gasteiger partial charge in [0.1, 0.15) is 0 Å². The maximum absolute atomic E-state index is 10.8. The van der Waals surface area contributed by atoms with Gasteiger partial charge in [0.05, 0.1) is 13.2 Å². The first kappa shape index (κ1) is 12.4. The minimum Gasteiger partial charge on any atom is -0.467 e. The number of ether oxygens (including phenoxy) is 1. The predicted octanol–water partition coefficient (Wildman–Crippen LogP) is 0.461. The molecular weight excluding hydrogens is 172 g/mol. The Hall–Kier alpha value is -0.610. The van der Waals surface area contributed by atoms with Crippen LogP contribution in [0.25, 0.3) is 0 Å². The highest BCUT2D eigenvalue weighted by atomic mass is 16.5. The van der Waals surface area contributed by atoms with Gasteiger partial charge >= 0.3 is 5.97 Å². The lowest BCUT2D eigenvalue weighted by Gasteiger charge is -2.14. The van der Waals surface area contributed by atoms with Crippen LogP contribution in [0.3, 0.4) is 0 Å². The number of hydrogen-bond acceptors (Lipinski definition) is 4. The summed E-state index contributed by atoms with van der Waals surface area (Å²) in [5, 5.41) is 18.5. The Kier molecular flexibility index (Phi) is 6.54. The number of carbonyl (C=O) groups excluding carboxylic acids is 1. The van der Waals surface area contributed by atoms with E-state index >= 15 is 0 Å². The van der Waals surface area contributed by atoms with Crippen LogP contribution in [0, 0.1) is 0 Å². The molecular formula is C9H18O4. The Labute approximate surface area is 78.5 Å². The zero-order valence-corrected chi connectivity index (χ0v) is 8.19. The van der Waals surface area contributed by atoms with Crippen LogP contribution < -0.4 is 0 Å². The normalized spacial score (nSPS) is 15.1. The molecule has 0 aromatic carbocycles. The van der Waals surface area contributed by atoms with Crippen LogP contribution in [0.4, 0.5) is 0 Å². The van der Waals surface area contributed by atoms with E-state index in [2.05, 4.69) is 4.74 Å². The van der Waals surface area contributed by atoms with Crippen molar-refractivity contribution in [3.63, 3.8) is 0 Å². The number of aliphatic hydroxyl groups is 2. The van der Waals surface area contributed by atoms with Gasteiger partial charge in [0.2, 0.25) is 0 Å². The molecule has 4 heteroatoms. The van der Waals surface area contributed by atoms with E-state index in [1.807, 2.05) is 6.92 Å². The van der Waals surface area contributed by atoms with Gasteiger partial charge in [-0.3, -0.25) is 0 Å². The van der Waals surface area contributed by atoms with Gasteiger partial charge in [-0.2, -0.15) is 0 Å². The van der Waals surface area contributed by atoms with Crippen LogP contribution in [-0.4, -0.2) is 35.5 Å². The summed E-state index contributed by atoms with van der Waals surface area (Å²) >= 11 is 0. The highest BCUT2D eigenvalue weighted by Gasteiger charge is 2.23. The molecule has 0 saturated carbocycles.